The predicted octanol–water partition coefficient (Wildman–Crippen LogP) is 3.18. The van der Waals surface area contributed by atoms with Gasteiger partial charge in [-0.1, -0.05) is 38.5 Å². The van der Waals surface area contributed by atoms with Crippen molar-refractivity contribution < 1.29 is 20.1 Å². The van der Waals surface area contributed by atoms with Crippen LogP contribution < -0.4 is 16.0 Å². The second-order valence-electron chi connectivity index (χ2n) is 12.0. The first-order chi connectivity index (χ1) is 16.2. The van der Waals surface area contributed by atoms with Crippen molar-refractivity contribution >= 4 is 5.97 Å². The van der Waals surface area contributed by atoms with Crippen LogP contribution >= 0.6 is 0 Å². The number of aliphatic hydroxyl groups is 2. The molecule has 7 nitrogen and oxygen atoms in total. The van der Waals surface area contributed by atoms with Crippen LogP contribution in [0.1, 0.15) is 104 Å². The van der Waals surface area contributed by atoms with Crippen LogP contribution in [0, 0.1) is 11.8 Å². The largest absolute Gasteiger partial charge is 0.481 e. The van der Waals surface area contributed by atoms with Gasteiger partial charge >= 0.3 is 5.97 Å². The lowest BCUT2D eigenvalue weighted by Gasteiger charge is -2.40. The zero-order valence-corrected chi connectivity index (χ0v) is 21.7. The van der Waals surface area contributed by atoms with Crippen LogP contribution in [0.4, 0.5) is 0 Å². The average molecular weight is 482 g/mol. The van der Waals surface area contributed by atoms with Gasteiger partial charge in [0.25, 0.3) is 0 Å². The van der Waals surface area contributed by atoms with Crippen LogP contribution in [0.15, 0.2) is 0 Å². The molecule has 2 saturated heterocycles. The summed E-state index contributed by atoms with van der Waals surface area (Å²) in [4.78, 5) is 11.4. The summed E-state index contributed by atoms with van der Waals surface area (Å²) >= 11 is 0. The zero-order valence-electron chi connectivity index (χ0n) is 21.7. The molecule has 2 aliphatic heterocycles. The minimum absolute atomic E-state index is 0.0262. The van der Waals surface area contributed by atoms with Crippen molar-refractivity contribution in [1.82, 2.24) is 16.0 Å². The number of rotatable bonds is 12. The molecule has 0 aromatic rings. The van der Waals surface area contributed by atoms with Crippen molar-refractivity contribution in [3.8, 4) is 0 Å². The predicted molar refractivity (Wildman–Crippen MR) is 136 cm³/mol. The van der Waals surface area contributed by atoms with Gasteiger partial charge in [0.15, 0.2) is 0 Å². The molecule has 6 N–H and O–H groups in total. The Labute approximate surface area is 206 Å². The molecule has 0 amide bonds. The van der Waals surface area contributed by atoms with Crippen LogP contribution in [-0.2, 0) is 4.79 Å². The molecule has 1 saturated carbocycles. The van der Waals surface area contributed by atoms with E-state index < -0.39 is 11.6 Å². The Hall–Kier alpha value is -0.730. The molecule has 3 fully saturated rings. The summed E-state index contributed by atoms with van der Waals surface area (Å²) in [6, 6.07) is 0.793. The molecule has 2 heterocycles. The van der Waals surface area contributed by atoms with E-state index in [1.54, 1.807) is 0 Å². The van der Waals surface area contributed by atoms with Crippen LogP contribution in [0.25, 0.3) is 0 Å². The number of piperidine rings is 2. The van der Waals surface area contributed by atoms with Crippen molar-refractivity contribution in [2.75, 3.05) is 19.6 Å². The number of carbonyl (C=O) groups is 1. The topological polar surface area (TPSA) is 114 Å². The minimum atomic E-state index is -1.17. The van der Waals surface area contributed by atoms with Gasteiger partial charge in [0, 0.05) is 24.2 Å². The van der Waals surface area contributed by atoms with Gasteiger partial charge in [-0.2, -0.15) is 0 Å². The molecule has 0 radical (unpaired) electrons. The van der Waals surface area contributed by atoms with Gasteiger partial charge in [-0.15, -0.1) is 0 Å². The minimum Gasteiger partial charge on any atom is -0.481 e. The van der Waals surface area contributed by atoms with Crippen molar-refractivity contribution in [2.45, 2.75) is 133 Å². The summed E-state index contributed by atoms with van der Waals surface area (Å²) in [5, 5.41) is 40.9. The molecule has 0 aromatic heterocycles. The molecule has 198 valence electrons. The van der Waals surface area contributed by atoms with Gasteiger partial charge in [-0.3, -0.25) is 4.79 Å². The Morgan fingerprint density at radius 3 is 2.41 bits per heavy atom. The highest BCUT2D eigenvalue weighted by Gasteiger charge is 2.35. The highest BCUT2D eigenvalue weighted by atomic mass is 16.4. The first-order valence-corrected chi connectivity index (χ1v) is 14.0. The van der Waals surface area contributed by atoms with E-state index in [1.165, 1.54) is 38.5 Å². The third-order valence-electron chi connectivity index (χ3n) is 9.07. The molecular formula is C27H51N3O4. The van der Waals surface area contributed by atoms with Crippen LogP contribution in [-0.4, -0.2) is 70.3 Å². The smallest absolute Gasteiger partial charge is 0.306 e. The van der Waals surface area contributed by atoms with E-state index in [4.69, 9.17) is 0 Å². The Morgan fingerprint density at radius 2 is 1.76 bits per heavy atom. The van der Waals surface area contributed by atoms with Gasteiger partial charge in [0.1, 0.15) is 0 Å². The number of nitrogens with one attached hydrogen (secondary N) is 3. The Morgan fingerprint density at radius 1 is 1.06 bits per heavy atom. The lowest BCUT2D eigenvalue weighted by atomic mass is 9.74. The van der Waals surface area contributed by atoms with Crippen LogP contribution in [0.5, 0.6) is 0 Å². The third kappa shape index (κ3) is 8.74. The first-order valence-electron chi connectivity index (χ1n) is 14.0. The fourth-order valence-electron chi connectivity index (χ4n) is 6.50. The molecule has 0 unspecified atom stereocenters. The van der Waals surface area contributed by atoms with Gasteiger partial charge in [0.05, 0.1) is 18.1 Å². The maximum atomic E-state index is 11.4. The van der Waals surface area contributed by atoms with Gasteiger partial charge in [-0.05, 0) is 83.7 Å². The van der Waals surface area contributed by atoms with E-state index in [0.29, 0.717) is 19.0 Å². The lowest BCUT2D eigenvalue weighted by molar-refractivity contribution is -0.143. The number of aliphatic hydroxyl groups excluding tert-OH is 1. The van der Waals surface area contributed by atoms with E-state index in [0.717, 1.165) is 63.5 Å². The first kappa shape index (κ1) is 27.9. The number of carboxylic acid groups (broad SMARTS) is 1. The van der Waals surface area contributed by atoms with Gasteiger partial charge in [0.2, 0.25) is 0 Å². The van der Waals surface area contributed by atoms with E-state index in [-0.39, 0.29) is 24.1 Å². The highest BCUT2D eigenvalue weighted by Crippen LogP contribution is 2.36. The molecule has 0 spiro atoms. The zero-order chi connectivity index (χ0) is 24.6. The second kappa shape index (κ2) is 13.0. The molecule has 3 rings (SSSR count). The SMILES string of the molecule is C[C@@H]1N[C@H](C2CCC(CCCCC[C@](O)(CNC3(C)CCNCC3)CC(=O)O)CC2)CC[C@H]1O. The molecule has 3 aliphatic rings. The number of aliphatic carboxylic acids is 1. The van der Waals surface area contributed by atoms with E-state index in [1.807, 2.05) is 0 Å². The summed E-state index contributed by atoms with van der Waals surface area (Å²) in [7, 11) is 0. The number of hydrogen-bond acceptors (Lipinski definition) is 6. The van der Waals surface area contributed by atoms with E-state index >= 15 is 0 Å². The van der Waals surface area contributed by atoms with Crippen molar-refractivity contribution in [3.05, 3.63) is 0 Å². The molecule has 34 heavy (non-hydrogen) atoms. The number of hydrogen-bond donors (Lipinski definition) is 6. The van der Waals surface area contributed by atoms with Gasteiger partial charge < -0.3 is 31.3 Å². The van der Waals surface area contributed by atoms with Crippen LogP contribution in [0.2, 0.25) is 0 Å². The fraction of sp³-hybridized carbons (Fsp3) is 0.963. The molecular weight excluding hydrogens is 430 g/mol. The van der Waals surface area contributed by atoms with Crippen molar-refractivity contribution in [2.24, 2.45) is 11.8 Å². The Balaban J connectivity index is 1.32. The van der Waals surface area contributed by atoms with E-state index in [2.05, 4.69) is 29.8 Å². The molecule has 7 heteroatoms. The van der Waals surface area contributed by atoms with Gasteiger partial charge in [-0.25, -0.2) is 0 Å². The highest BCUT2D eigenvalue weighted by molar-refractivity contribution is 5.68. The maximum Gasteiger partial charge on any atom is 0.306 e. The second-order valence-corrected chi connectivity index (χ2v) is 12.0. The lowest BCUT2D eigenvalue weighted by Crippen LogP contribution is -2.55. The summed E-state index contributed by atoms with van der Waals surface area (Å²) in [6.45, 7) is 6.55. The molecule has 0 aromatic carbocycles. The summed E-state index contributed by atoms with van der Waals surface area (Å²) in [5.41, 5.74) is -1.20. The summed E-state index contributed by atoms with van der Waals surface area (Å²) in [6.07, 6.45) is 13.7. The van der Waals surface area contributed by atoms with Crippen LogP contribution in [0.3, 0.4) is 0 Å². The molecule has 1 aliphatic carbocycles. The number of unbranched alkanes of at least 4 members (excludes halogenated alkanes) is 2. The maximum absolute atomic E-state index is 11.4. The van der Waals surface area contributed by atoms with Crippen molar-refractivity contribution in [1.29, 1.82) is 0 Å². The normalized spacial score (nSPS) is 33.8. The molecule has 4 atom stereocenters. The average Bonchev–Trinajstić information content (AvgIpc) is 2.80. The monoisotopic (exact) mass is 481 g/mol. The van der Waals surface area contributed by atoms with Crippen molar-refractivity contribution in [3.63, 3.8) is 0 Å². The third-order valence-corrected chi connectivity index (χ3v) is 9.07. The summed E-state index contributed by atoms with van der Waals surface area (Å²) < 4.78 is 0. The van der Waals surface area contributed by atoms with E-state index in [9.17, 15) is 20.1 Å². The number of β-amino-alcohol motifs (C(OH)–C–C–N with tert-alkyl or cyclic N) is 1. The number of carboxylic acids is 1. The summed E-state index contributed by atoms with van der Waals surface area (Å²) in [5.74, 6) is 0.640. The molecule has 0 bridgehead atoms. The Bertz CT molecular complexity index is 619. The quantitative estimate of drug-likeness (QED) is 0.237. The Kier molecular flexibility index (Phi) is 10.6. The standard InChI is InChI=1S/C27H51N3O4/c1-20-24(31)12-11-23(30-20)22-9-7-21(8-10-22)6-4-3-5-13-27(34,18-25(32)33)19-29-26(2)14-16-28-17-15-26/h20-24,28-31,34H,3-19H2,1-2H3,(H,32,33)/t20-,21?,22?,23-,24+,27+/m0/s1. The fourth-order valence-corrected chi connectivity index (χ4v) is 6.50.